The first kappa shape index (κ1) is 17.3. The Labute approximate surface area is 155 Å². The molecule has 26 heavy (non-hydrogen) atoms. The van der Waals surface area contributed by atoms with E-state index in [1.165, 1.54) is 0 Å². The zero-order chi connectivity index (χ0) is 18.3. The Balaban J connectivity index is 1.45. The molecule has 3 aliphatic rings. The van der Waals surface area contributed by atoms with Crippen molar-refractivity contribution in [2.45, 2.75) is 30.8 Å². The maximum atomic E-state index is 12.7. The molecule has 1 spiro atoms. The fourth-order valence-corrected chi connectivity index (χ4v) is 4.24. The van der Waals surface area contributed by atoms with Crippen molar-refractivity contribution in [2.75, 3.05) is 13.2 Å². The van der Waals surface area contributed by atoms with Crippen LogP contribution >= 0.6 is 11.6 Å². The van der Waals surface area contributed by atoms with Crippen LogP contribution in [0.25, 0.3) is 0 Å². The molecule has 8 heteroatoms. The summed E-state index contributed by atoms with van der Waals surface area (Å²) in [6.45, 7) is 1.26. The predicted molar refractivity (Wildman–Crippen MR) is 93.4 cm³/mol. The van der Waals surface area contributed by atoms with Gasteiger partial charge in [0.15, 0.2) is 0 Å². The zero-order valence-electron chi connectivity index (χ0n) is 14.1. The number of hydrogen-bond acceptors (Lipinski definition) is 4. The maximum Gasteiger partial charge on any atom is 0.322 e. The van der Waals surface area contributed by atoms with Gasteiger partial charge in [0.1, 0.15) is 5.54 Å². The number of benzene rings is 1. The third-order valence-electron chi connectivity index (χ3n) is 5.52. The van der Waals surface area contributed by atoms with E-state index in [0.717, 1.165) is 12.0 Å². The van der Waals surface area contributed by atoms with Gasteiger partial charge in [-0.2, -0.15) is 0 Å². The van der Waals surface area contributed by atoms with E-state index in [0.29, 0.717) is 31.1 Å². The predicted octanol–water partition coefficient (Wildman–Crippen LogP) is 1.52. The Morgan fingerprint density at radius 1 is 1.35 bits per heavy atom. The minimum atomic E-state index is -0.916. The number of carbonyl (C=O) groups excluding carboxylic acids is 3. The smallest absolute Gasteiger partial charge is 0.322 e. The molecular weight excluding hydrogens is 358 g/mol. The third kappa shape index (κ3) is 3.05. The van der Waals surface area contributed by atoms with Gasteiger partial charge in [0.25, 0.3) is 5.91 Å². The van der Waals surface area contributed by atoms with E-state index >= 15 is 0 Å². The van der Waals surface area contributed by atoms with Crippen molar-refractivity contribution < 1.29 is 19.1 Å². The molecule has 2 saturated heterocycles. The molecular formula is C18H20ClN3O4. The fraction of sp³-hybridized carbons (Fsp3) is 0.500. The number of halogens is 1. The van der Waals surface area contributed by atoms with Crippen LogP contribution in [-0.4, -0.2) is 36.6 Å². The van der Waals surface area contributed by atoms with Gasteiger partial charge in [-0.05, 0) is 37.0 Å². The Hall–Kier alpha value is -2.12. The zero-order valence-corrected chi connectivity index (χ0v) is 14.8. The minimum absolute atomic E-state index is 0.110. The molecule has 4 rings (SSSR count). The van der Waals surface area contributed by atoms with E-state index in [1.54, 1.807) is 6.07 Å². The lowest BCUT2D eigenvalue weighted by Crippen LogP contribution is -2.60. The van der Waals surface area contributed by atoms with Crippen molar-refractivity contribution in [3.05, 3.63) is 34.9 Å². The second kappa shape index (κ2) is 6.55. The van der Waals surface area contributed by atoms with Crippen LogP contribution in [0.1, 0.15) is 30.9 Å². The molecule has 1 aliphatic carbocycles. The first-order valence-electron chi connectivity index (χ1n) is 8.74. The highest BCUT2D eigenvalue weighted by molar-refractivity contribution is 6.30. The molecule has 2 heterocycles. The Kier molecular flexibility index (Phi) is 4.36. The summed E-state index contributed by atoms with van der Waals surface area (Å²) in [6, 6.07) is 6.79. The van der Waals surface area contributed by atoms with Crippen LogP contribution in [0.5, 0.6) is 0 Å². The number of ether oxygens (including phenoxy) is 1. The van der Waals surface area contributed by atoms with Crippen LogP contribution < -0.4 is 16.0 Å². The molecule has 7 nitrogen and oxygen atoms in total. The number of nitrogens with one attached hydrogen (secondary N) is 3. The van der Waals surface area contributed by atoms with Crippen LogP contribution in [0, 0.1) is 11.8 Å². The van der Waals surface area contributed by atoms with E-state index in [-0.39, 0.29) is 29.7 Å². The Morgan fingerprint density at radius 3 is 2.77 bits per heavy atom. The number of imide groups is 1. The third-order valence-corrected chi connectivity index (χ3v) is 5.75. The molecule has 0 unspecified atom stereocenters. The number of carbonyl (C=O) groups is 3. The number of urea groups is 1. The maximum absolute atomic E-state index is 12.7. The number of amides is 4. The normalized spacial score (nSPS) is 31.3. The molecule has 3 fully saturated rings. The first-order chi connectivity index (χ1) is 12.5. The quantitative estimate of drug-likeness (QED) is 0.693. The SMILES string of the molecule is O=C1NC(=O)C2(CC(C(=O)N[C@H](c3cccc(Cl)c3)[C@H]3CCOC3)C2)N1. The van der Waals surface area contributed by atoms with E-state index in [4.69, 9.17) is 16.3 Å². The minimum Gasteiger partial charge on any atom is -0.381 e. The van der Waals surface area contributed by atoms with Crippen LogP contribution in [0.15, 0.2) is 24.3 Å². The van der Waals surface area contributed by atoms with Gasteiger partial charge in [0.2, 0.25) is 5.91 Å². The lowest BCUT2D eigenvalue weighted by molar-refractivity contribution is -0.137. The first-order valence-corrected chi connectivity index (χ1v) is 9.12. The van der Waals surface area contributed by atoms with Gasteiger partial charge in [0, 0.05) is 23.5 Å². The highest BCUT2D eigenvalue weighted by atomic mass is 35.5. The highest BCUT2D eigenvalue weighted by Gasteiger charge is 2.57. The Morgan fingerprint density at radius 2 is 2.15 bits per heavy atom. The fourth-order valence-electron chi connectivity index (χ4n) is 4.04. The summed E-state index contributed by atoms with van der Waals surface area (Å²) in [5.41, 5.74) is 0.0310. The molecule has 1 aromatic carbocycles. The summed E-state index contributed by atoms with van der Waals surface area (Å²) in [6.07, 6.45) is 1.50. The van der Waals surface area contributed by atoms with Gasteiger partial charge < -0.3 is 15.4 Å². The second-order valence-electron chi connectivity index (χ2n) is 7.26. The van der Waals surface area contributed by atoms with E-state index in [9.17, 15) is 14.4 Å². The molecule has 1 saturated carbocycles. The van der Waals surface area contributed by atoms with Gasteiger partial charge in [-0.1, -0.05) is 23.7 Å². The van der Waals surface area contributed by atoms with Gasteiger partial charge in [0.05, 0.1) is 12.6 Å². The average molecular weight is 378 g/mol. The molecule has 138 valence electrons. The summed E-state index contributed by atoms with van der Waals surface area (Å²) in [5, 5.41) is 8.60. The monoisotopic (exact) mass is 377 g/mol. The summed E-state index contributed by atoms with van der Waals surface area (Å²) in [4.78, 5) is 36.0. The molecule has 1 aromatic rings. The lowest BCUT2D eigenvalue weighted by Gasteiger charge is -2.42. The topological polar surface area (TPSA) is 96.5 Å². The van der Waals surface area contributed by atoms with Crippen LogP contribution in [0.2, 0.25) is 5.02 Å². The van der Waals surface area contributed by atoms with Crippen molar-refractivity contribution in [1.82, 2.24) is 16.0 Å². The average Bonchev–Trinajstić information content (AvgIpc) is 3.18. The van der Waals surface area contributed by atoms with Crippen LogP contribution in [-0.2, 0) is 14.3 Å². The number of rotatable bonds is 4. The summed E-state index contributed by atoms with van der Waals surface area (Å²) < 4.78 is 5.49. The Bertz CT molecular complexity index is 757. The molecule has 3 N–H and O–H groups in total. The van der Waals surface area contributed by atoms with E-state index in [2.05, 4.69) is 16.0 Å². The van der Waals surface area contributed by atoms with Crippen molar-refractivity contribution in [3.63, 3.8) is 0 Å². The van der Waals surface area contributed by atoms with E-state index in [1.807, 2.05) is 18.2 Å². The summed E-state index contributed by atoms with van der Waals surface area (Å²) >= 11 is 6.12. The number of hydrogen-bond donors (Lipinski definition) is 3. The van der Waals surface area contributed by atoms with Crippen molar-refractivity contribution in [1.29, 1.82) is 0 Å². The molecule has 0 radical (unpaired) electrons. The largest absolute Gasteiger partial charge is 0.381 e. The summed E-state index contributed by atoms with van der Waals surface area (Å²) in [7, 11) is 0. The molecule has 4 amide bonds. The summed E-state index contributed by atoms with van der Waals surface area (Å²) in [5.74, 6) is -0.576. The van der Waals surface area contributed by atoms with Gasteiger partial charge in [-0.15, -0.1) is 0 Å². The molecule has 2 atom stereocenters. The van der Waals surface area contributed by atoms with Crippen molar-refractivity contribution in [3.8, 4) is 0 Å². The molecule has 0 bridgehead atoms. The van der Waals surface area contributed by atoms with Gasteiger partial charge >= 0.3 is 6.03 Å². The molecule has 2 aliphatic heterocycles. The molecule has 0 aromatic heterocycles. The van der Waals surface area contributed by atoms with Gasteiger partial charge in [-0.25, -0.2) is 4.79 Å². The van der Waals surface area contributed by atoms with Crippen molar-refractivity contribution in [2.24, 2.45) is 11.8 Å². The lowest BCUT2D eigenvalue weighted by atomic mass is 9.67. The van der Waals surface area contributed by atoms with Crippen molar-refractivity contribution >= 4 is 29.4 Å². The van der Waals surface area contributed by atoms with Crippen LogP contribution in [0.4, 0.5) is 4.79 Å². The van der Waals surface area contributed by atoms with Gasteiger partial charge in [-0.3, -0.25) is 14.9 Å². The second-order valence-corrected chi connectivity index (χ2v) is 7.70. The standard InChI is InChI=1S/C18H20ClN3O4/c19-13-3-1-2-10(6-13)14(11-4-5-26-9-11)20-15(23)12-7-18(8-12)16(24)21-17(25)22-18/h1-3,6,11-12,14H,4-5,7-9H2,(H,20,23)(H2,21,22,24,25)/t11-,12?,14+,18?/m0/s1. The van der Waals surface area contributed by atoms with E-state index < -0.39 is 11.6 Å². The van der Waals surface area contributed by atoms with Crippen LogP contribution in [0.3, 0.4) is 0 Å². The highest BCUT2D eigenvalue weighted by Crippen LogP contribution is 2.41.